The van der Waals surface area contributed by atoms with Crippen LogP contribution in [0.3, 0.4) is 0 Å². The standard InChI is InChI=1S/C19H19FN2O7/c1-18(11-7-5-4-6-8-11)19(15(24)27-2,16(25)28-3)9-13(29-18)22-10-12(20)14(23)21-17(22)26/h4-8,10,13H,9H2,1-3H3,(H,21,23,26)/t13-,18-/m1/s1. The summed E-state index contributed by atoms with van der Waals surface area (Å²) < 4.78 is 30.4. The molecule has 1 saturated heterocycles. The van der Waals surface area contributed by atoms with E-state index in [1.165, 1.54) is 6.92 Å². The van der Waals surface area contributed by atoms with Crippen LogP contribution in [0.5, 0.6) is 0 Å². The molecule has 0 saturated carbocycles. The molecule has 1 aliphatic heterocycles. The van der Waals surface area contributed by atoms with Crippen LogP contribution >= 0.6 is 0 Å². The minimum atomic E-state index is -1.99. The lowest BCUT2D eigenvalue weighted by Gasteiger charge is -2.37. The summed E-state index contributed by atoms with van der Waals surface area (Å²) in [5.41, 5.74) is -5.32. The van der Waals surface area contributed by atoms with E-state index in [4.69, 9.17) is 14.2 Å². The summed E-state index contributed by atoms with van der Waals surface area (Å²) in [6.07, 6.45) is -0.984. The van der Waals surface area contributed by atoms with E-state index in [9.17, 15) is 23.6 Å². The molecule has 0 amide bonds. The second-order valence-electron chi connectivity index (χ2n) is 6.71. The van der Waals surface area contributed by atoms with Crippen LogP contribution in [0.25, 0.3) is 0 Å². The molecule has 1 aliphatic rings. The second-order valence-corrected chi connectivity index (χ2v) is 6.71. The Labute approximate surface area is 164 Å². The smallest absolute Gasteiger partial charge is 0.330 e. The average molecular weight is 406 g/mol. The Kier molecular flexibility index (Phi) is 5.14. The fraction of sp³-hybridized carbons (Fsp3) is 0.368. The summed E-state index contributed by atoms with van der Waals surface area (Å²) in [6.45, 7) is 1.49. The number of hydrogen-bond acceptors (Lipinski definition) is 7. The van der Waals surface area contributed by atoms with Crippen LogP contribution in [0.2, 0.25) is 0 Å². The van der Waals surface area contributed by atoms with Crippen molar-refractivity contribution < 1.29 is 28.2 Å². The van der Waals surface area contributed by atoms with E-state index in [1.54, 1.807) is 30.3 Å². The minimum Gasteiger partial charge on any atom is -0.468 e. The van der Waals surface area contributed by atoms with Crippen molar-refractivity contribution in [3.8, 4) is 0 Å². The molecule has 1 fully saturated rings. The van der Waals surface area contributed by atoms with Gasteiger partial charge in [0.1, 0.15) is 11.8 Å². The number of halogens is 1. The van der Waals surface area contributed by atoms with E-state index in [0.29, 0.717) is 11.8 Å². The Hall–Kier alpha value is -3.27. The van der Waals surface area contributed by atoms with Gasteiger partial charge in [-0.3, -0.25) is 23.9 Å². The number of nitrogens with one attached hydrogen (secondary N) is 1. The summed E-state index contributed by atoms with van der Waals surface area (Å²) in [4.78, 5) is 51.2. The lowest BCUT2D eigenvalue weighted by atomic mass is 9.68. The maximum Gasteiger partial charge on any atom is 0.330 e. The zero-order valence-electron chi connectivity index (χ0n) is 15.9. The number of aromatic amines is 1. The van der Waals surface area contributed by atoms with Crippen molar-refractivity contribution >= 4 is 11.9 Å². The van der Waals surface area contributed by atoms with Crippen molar-refractivity contribution in [2.24, 2.45) is 5.41 Å². The van der Waals surface area contributed by atoms with E-state index in [0.717, 1.165) is 18.8 Å². The number of esters is 2. The van der Waals surface area contributed by atoms with Crippen LogP contribution < -0.4 is 11.2 Å². The normalized spacial score (nSPS) is 22.8. The number of H-pyrrole nitrogens is 1. The van der Waals surface area contributed by atoms with Crippen LogP contribution in [0.4, 0.5) is 4.39 Å². The van der Waals surface area contributed by atoms with Gasteiger partial charge in [-0.05, 0) is 12.5 Å². The van der Waals surface area contributed by atoms with Crippen LogP contribution in [-0.4, -0.2) is 35.7 Å². The number of methoxy groups -OCH3 is 2. The van der Waals surface area contributed by atoms with Gasteiger partial charge in [-0.1, -0.05) is 30.3 Å². The lowest BCUT2D eigenvalue weighted by molar-refractivity contribution is -0.185. The summed E-state index contributed by atoms with van der Waals surface area (Å²) in [6, 6.07) is 8.38. The number of aromatic nitrogens is 2. The van der Waals surface area contributed by atoms with Gasteiger partial charge < -0.3 is 14.2 Å². The van der Waals surface area contributed by atoms with Gasteiger partial charge in [-0.2, -0.15) is 4.39 Å². The van der Waals surface area contributed by atoms with E-state index in [-0.39, 0.29) is 6.42 Å². The van der Waals surface area contributed by atoms with Crippen LogP contribution in [0.1, 0.15) is 25.1 Å². The van der Waals surface area contributed by atoms with Gasteiger partial charge in [-0.25, -0.2) is 4.79 Å². The number of hydrogen-bond donors (Lipinski definition) is 1. The van der Waals surface area contributed by atoms with Crippen LogP contribution in [0.15, 0.2) is 46.1 Å². The summed E-state index contributed by atoms with van der Waals surface area (Å²) >= 11 is 0. The third-order valence-corrected chi connectivity index (χ3v) is 5.29. The zero-order chi connectivity index (χ0) is 21.4. The molecule has 9 nitrogen and oxygen atoms in total. The van der Waals surface area contributed by atoms with E-state index < -0.39 is 46.2 Å². The molecule has 0 spiro atoms. The maximum atomic E-state index is 13.8. The summed E-state index contributed by atoms with van der Waals surface area (Å²) in [5.74, 6) is -3.09. The maximum absolute atomic E-state index is 13.8. The molecule has 1 aromatic heterocycles. The quantitative estimate of drug-likeness (QED) is 0.591. The van der Waals surface area contributed by atoms with E-state index >= 15 is 0 Å². The number of carbonyl (C=O) groups excluding carboxylic acids is 2. The number of ether oxygens (including phenoxy) is 3. The Morgan fingerprint density at radius 3 is 2.31 bits per heavy atom. The topological polar surface area (TPSA) is 117 Å². The van der Waals surface area contributed by atoms with Gasteiger partial charge in [0, 0.05) is 6.42 Å². The molecule has 1 aromatic carbocycles. The first-order chi connectivity index (χ1) is 13.7. The predicted molar refractivity (Wildman–Crippen MR) is 96.3 cm³/mol. The third kappa shape index (κ3) is 2.96. The highest BCUT2D eigenvalue weighted by Crippen LogP contribution is 2.57. The molecule has 0 bridgehead atoms. The molecule has 29 heavy (non-hydrogen) atoms. The highest BCUT2D eigenvalue weighted by molar-refractivity contribution is 6.02. The van der Waals surface area contributed by atoms with Gasteiger partial charge in [0.15, 0.2) is 0 Å². The molecule has 0 radical (unpaired) electrons. The van der Waals surface area contributed by atoms with Gasteiger partial charge >= 0.3 is 17.6 Å². The molecule has 2 aromatic rings. The van der Waals surface area contributed by atoms with Crippen LogP contribution in [0, 0.1) is 11.2 Å². The van der Waals surface area contributed by atoms with Gasteiger partial charge in [0.2, 0.25) is 11.2 Å². The minimum absolute atomic E-state index is 0.386. The van der Waals surface area contributed by atoms with Gasteiger partial charge in [-0.15, -0.1) is 0 Å². The number of nitrogens with zero attached hydrogens (tertiary/aromatic N) is 1. The molecule has 2 atom stereocenters. The Morgan fingerprint density at radius 1 is 1.17 bits per heavy atom. The SMILES string of the molecule is COC(=O)C1(C(=O)OC)C[C@H](n2cc(F)c(=O)[nH]c2=O)O[C@]1(C)c1ccccc1. The predicted octanol–water partition coefficient (Wildman–Crippen LogP) is 0.842. The van der Waals surface area contributed by atoms with Crippen molar-refractivity contribution in [1.82, 2.24) is 9.55 Å². The molecule has 3 rings (SSSR count). The number of rotatable bonds is 4. The summed E-state index contributed by atoms with van der Waals surface area (Å²) in [7, 11) is 2.22. The Balaban J connectivity index is 2.26. The third-order valence-electron chi connectivity index (χ3n) is 5.29. The Bertz CT molecular complexity index is 1050. The monoisotopic (exact) mass is 406 g/mol. The van der Waals surface area contributed by atoms with Gasteiger partial charge in [0.25, 0.3) is 5.56 Å². The van der Waals surface area contributed by atoms with Crippen molar-refractivity contribution in [3.63, 3.8) is 0 Å². The van der Waals surface area contributed by atoms with Gasteiger partial charge in [0.05, 0.1) is 20.4 Å². The number of benzene rings is 1. The first-order valence-electron chi connectivity index (χ1n) is 8.62. The van der Waals surface area contributed by atoms with E-state index in [1.807, 2.05) is 4.98 Å². The molecule has 2 heterocycles. The molecule has 154 valence electrons. The summed E-state index contributed by atoms with van der Waals surface area (Å²) in [5, 5.41) is 0. The second kappa shape index (κ2) is 7.28. The first kappa shape index (κ1) is 20.5. The average Bonchev–Trinajstić information content (AvgIpc) is 3.05. The molecule has 0 unspecified atom stereocenters. The highest BCUT2D eigenvalue weighted by Gasteiger charge is 2.69. The van der Waals surface area contributed by atoms with E-state index in [2.05, 4.69) is 0 Å². The molecule has 1 N–H and O–H groups in total. The van der Waals surface area contributed by atoms with Crippen molar-refractivity contribution in [2.45, 2.75) is 25.2 Å². The molecule has 0 aliphatic carbocycles. The molecular weight excluding hydrogens is 387 g/mol. The largest absolute Gasteiger partial charge is 0.468 e. The van der Waals surface area contributed by atoms with Crippen molar-refractivity contribution in [1.29, 1.82) is 0 Å². The Morgan fingerprint density at radius 2 is 1.76 bits per heavy atom. The molecule has 10 heteroatoms. The van der Waals surface area contributed by atoms with Crippen LogP contribution in [-0.2, 0) is 29.4 Å². The van der Waals surface area contributed by atoms with Crippen molar-refractivity contribution in [3.05, 3.63) is 68.7 Å². The highest BCUT2D eigenvalue weighted by atomic mass is 19.1. The molecular formula is C19H19FN2O7. The first-order valence-corrected chi connectivity index (χ1v) is 8.62. The number of carbonyl (C=O) groups is 2. The lowest BCUT2D eigenvalue weighted by Crippen LogP contribution is -2.52. The fourth-order valence-electron chi connectivity index (χ4n) is 3.76. The fourth-order valence-corrected chi connectivity index (χ4v) is 3.76. The van der Waals surface area contributed by atoms with Crippen molar-refractivity contribution in [2.75, 3.05) is 14.2 Å². The zero-order valence-corrected chi connectivity index (χ0v) is 15.9.